The molecule has 1 aromatic rings. The van der Waals surface area contributed by atoms with Crippen molar-refractivity contribution in [2.24, 2.45) is 5.73 Å². The molecule has 1 heterocycles. The fraction of sp³-hybridized carbons (Fsp3) is 0.417. The van der Waals surface area contributed by atoms with Crippen LogP contribution in [0.5, 0.6) is 11.5 Å². The fourth-order valence-corrected chi connectivity index (χ4v) is 2.67. The van der Waals surface area contributed by atoms with Crippen molar-refractivity contribution >= 4 is 17.6 Å². The Hall–Kier alpha value is -1.46. The molecule has 2 aliphatic rings. The molecule has 3 rings (SSSR count). The summed E-state index contributed by atoms with van der Waals surface area (Å²) in [5, 5.41) is 9.50. The van der Waals surface area contributed by atoms with Crippen LogP contribution in [0.15, 0.2) is 12.1 Å². The normalized spacial score (nSPS) is 20.6. The van der Waals surface area contributed by atoms with Crippen LogP contribution in [0.4, 0.5) is 0 Å². The molecule has 1 aliphatic heterocycles. The van der Waals surface area contributed by atoms with Crippen molar-refractivity contribution in [1.82, 2.24) is 0 Å². The standard InChI is InChI=1S/C12H12ClNO4/c13-7-3-6(4-8-9(7)18-5-17-8)12(1-2-12)10(14)11(15)16/h3-4,10H,1-2,5,14H2,(H,15,16). The Balaban J connectivity index is 2.03. The third-order valence-corrected chi connectivity index (χ3v) is 3.93. The van der Waals surface area contributed by atoms with Crippen LogP contribution in [0.3, 0.4) is 0 Å². The Morgan fingerprint density at radius 3 is 2.78 bits per heavy atom. The average molecular weight is 270 g/mol. The smallest absolute Gasteiger partial charge is 0.321 e. The van der Waals surface area contributed by atoms with Gasteiger partial charge in [-0.2, -0.15) is 0 Å². The molecule has 0 spiro atoms. The second-order valence-corrected chi connectivity index (χ2v) is 5.07. The van der Waals surface area contributed by atoms with Gasteiger partial charge in [-0.05, 0) is 30.5 Å². The van der Waals surface area contributed by atoms with Crippen LogP contribution in [-0.4, -0.2) is 23.9 Å². The quantitative estimate of drug-likeness (QED) is 0.869. The Bertz CT molecular complexity index is 527. The van der Waals surface area contributed by atoms with E-state index in [1.807, 2.05) is 0 Å². The second kappa shape index (κ2) is 3.76. The highest BCUT2D eigenvalue weighted by Gasteiger charge is 2.53. The van der Waals surface area contributed by atoms with Crippen molar-refractivity contribution in [3.05, 3.63) is 22.7 Å². The zero-order valence-electron chi connectivity index (χ0n) is 9.48. The minimum Gasteiger partial charge on any atom is -0.480 e. The molecule has 0 amide bonds. The van der Waals surface area contributed by atoms with Crippen LogP contribution in [0.25, 0.3) is 0 Å². The first-order valence-electron chi connectivity index (χ1n) is 5.62. The van der Waals surface area contributed by atoms with E-state index in [1.54, 1.807) is 12.1 Å². The molecule has 1 aliphatic carbocycles. The predicted octanol–water partition coefficient (Wildman–Crippen LogP) is 1.51. The Morgan fingerprint density at radius 1 is 1.44 bits per heavy atom. The summed E-state index contributed by atoms with van der Waals surface area (Å²) in [5.41, 5.74) is 6.06. The molecule has 0 saturated heterocycles. The van der Waals surface area contributed by atoms with E-state index in [1.165, 1.54) is 0 Å². The molecular weight excluding hydrogens is 258 g/mol. The van der Waals surface area contributed by atoms with Gasteiger partial charge in [0.2, 0.25) is 6.79 Å². The third-order valence-electron chi connectivity index (χ3n) is 3.65. The van der Waals surface area contributed by atoms with Gasteiger partial charge >= 0.3 is 5.97 Å². The van der Waals surface area contributed by atoms with E-state index in [-0.39, 0.29) is 6.79 Å². The van der Waals surface area contributed by atoms with Gasteiger partial charge in [-0.25, -0.2) is 0 Å². The number of halogens is 1. The second-order valence-electron chi connectivity index (χ2n) is 4.66. The average Bonchev–Trinajstić information content (AvgIpc) is 3.00. The van der Waals surface area contributed by atoms with E-state index in [0.717, 1.165) is 18.4 Å². The minimum atomic E-state index is -0.999. The molecule has 1 unspecified atom stereocenters. The number of rotatable bonds is 3. The van der Waals surface area contributed by atoms with Gasteiger partial charge in [0.25, 0.3) is 0 Å². The van der Waals surface area contributed by atoms with Crippen molar-refractivity contribution in [2.75, 3.05) is 6.79 Å². The number of aliphatic carboxylic acids is 1. The molecule has 0 aromatic heterocycles. The number of fused-ring (bicyclic) bond motifs is 1. The summed E-state index contributed by atoms with van der Waals surface area (Å²) >= 11 is 6.10. The Kier molecular flexibility index (Phi) is 2.43. The van der Waals surface area contributed by atoms with Gasteiger partial charge in [0.15, 0.2) is 11.5 Å². The molecule has 1 saturated carbocycles. The first-order valence-corrected chi connectivity index (χ1v) is 6.00. The molecule has 0 bridgehead atoms. The molecule has 96 valence electrons. The van der Waals surface area contributed by atoms with Crippen molar-refractivity contribution in [2.45, 2.75) is 24.3 Å². The van der Waals surface area contributed by atoms with Crippen molar-refractivity contribution in [3.63, 3.8) is 0 Å². The van der Waals surface area contributed by atoms with E-state index in [2.05, 4.69) is 0 Å². The maximum atomic E-state index is 11.1. The summed E-state index contributed by atoms with van der Waals surface area (Å²) in [6.07, 6.45) is 1.49. The monoisotopic (exact) mass is 269 g/mol. The number of nitrogens with two attached hydrogens (primary N) is 1. The lowest BCUT2D eigenvalue weighted by molar-refractivity contribution is -0.139. The van der Waals surface area contributed by atoms with Crippen LogP contribution >= 0.6 is 11.6 Å². The number of carboxylic acid groups (broad SMARTS) is 1. The zero-order valence-corrected chi connectivity index (χ0v) is 10.2. The lowest BCUT2D eigenvalue weighted by Crippen LogP contribution is -2.41. The molecule has 1 fully saturated rings. The van der Waals surface area contributed by atoms with Crippen LogP contribution in [-0.2, 0) is 10.2 Å². The lowest BCUT2D eigenvalue weighted by Gasteiger charge is -2.20. The number of ether oxygens (including phenoxy) is 2. The molecule has 18 heavy (non-hydrogen) atoms. The lowest BCUT2D eigenvalue weighted by atomic mass is 9.88. The van der Waals surface area contributed by atoms with Crippen molar-refractivity contribution < 1.29 is 19.4 Å². The number of hydrogen-bond acceptors (Lipinski definition) is 4. The number of hydrogen-bond donors (Lipinski definition) is 2. The first kappa shape index (κ1) is 11.6. The summed E-state index contributed by atoms with van der Waals surface area (Å²) in [6.45, 7) is 0.135. The predicted molar refractivity (Wildman–Crippen MR) is 64.1 cm³/mol. The van der Waals surface area contributed by atoms with Crippen molar-refractivity contribution in [1.29, 1.82) is 0 Å². The highest BCUT2D eigenvalue weighted by molar-refractivity contribution is 6.32. The molecule has 1 aromatic carbocycles. The van der Waals surface area contributed by atoms with Crippen LogP contribution in [0.1, 0.15) is 18.4 Å². The summed E-state index contributed by atoms with van der Waals surface area (Å²) < 4.78 is 10.5. The molecule has 0 radical (unpaired) electrons. The van der Waals surface area contributed by atoms with E-state index in [0.29, 0.717) is 16.5 Å². The topological polar surface area (TPSA) is 81.8 Å². The molecule has 1 atom stereocenters. The van der Waals surface area contributed by atoms with Crippen molar-refractivity contribution in [3.8, 4) is 11.5 Å². The van der Waals surface area contributed by atoms with Crippen LogP contribution in [0, 0.1) is 0 Å². The van der Waals surface area contributed by atoms with Gasteiger partial charge < -0.3 is 20.3 Å². The highest BCUT2D eigenvalue weighted by atomic mass is 35.5. The largest absolute Gasteiger partial charge is 0.480 e. The fourth-order valence-electron chi connectivity index (χ4n) is 2.41. The first-order chi connectivity index (χ1) is 8.54. The van der Waals surface area contributed by atoms with Crippen LogP contribution < -0.4 is 15.2 Å². The Labute approximate surface area is 108 Å². The van der Waals surface area contributed by atoms with E-state index in [4.69, 9.17) is 31.9 Å². The number of carbonyl (C=O) groups is 1. The molecule has 6 heteroatoms. The maximum absolute atomic E-state index is 11.1. The SMILES string of the molecule is NC(C(=O)O)C1(c2cc(Cl)c3c(c2)OCO3)CC1. The van der Waals surface area contributed by atoms with Gasteiger partial charge in [0.05, 0.1) is 5.02 Å². The van der Waals surface area contributed by atoms with Crippen LogP contribution in [0.2, 0.25) is 5.02 Å². The summed E-state index contributed by atoms with van der Waals surface area (Å²) in [4.78, 5) is 11.1. The van der Waals surface area contributed by atoms with Gasteiger partial charge in [-0.1, -0.05) is 11.6 Å². The van der Waals surface area contributed by atoms with Gasteiger partial charge in [0, 0.05) is 5.41 Å². The summed E-state index contributed by atoms with van der Waals surface area (Å²) in [6, 6.07) is 2.59. The zero-order chi connectivity index (χ0) is 12.9. The number of benzene rings is 1. The van der Waals surface area contributed by atoms with Gasteiger partial charge in [0.1, 0.15) is 6.04 Å². The molecular formula is C12H12ClNO4. The summed E-state index contributed by atoms with van der Waals surface area (Å²) in [7, 11) is 0. The third kappa shape index (κ3) is 1.54. The number of carboxylic acids is 1. The Morgan fingerprint density at radius 2 is 2.17 bits per heavy atom. The highest BCUT2D eigenvalue weighted by Crippen LogP contribution is 2.53. The minimum absolute atomic E-state index is 0.135. The maximum Gasteiger partial charge on any atom is 0.321 e. The van der Waals surface area contributed by atoms with E-state index < -0.39 is 17.4 Å². The van der Waals surface area contributed by atoms with Gasteiger partial charge in [-0.15, -0.1) is 0 Å². The van der Waals surface area contributed by atoms with E-state index >= 15 is 0 Å². The van der Waals surface area contributed by atoms with E-state index in [9.17, 15) is 4.79 Å². The van der Waals surface area contributed by atoms with Gasteiger partial charge in [-0.3, -0.25) is 4.79 Å². The molecule has 5 nitrogen and oxygen atoms in total. The molecule has 3 N–H and O–H groups in total. The summed E-state index contributed by atoms with van der Waals surface area (Å²) in [5.74, 6) is 0.0720.